The number of carbonyl (C=O) groups is 3. The van der Waals surface area contributed by atoms with Gasteiger partial charge in [0, 0.05) is 11.9 Å². The van der Waals surface area contributed by atoms with Crippen LogP contribution in [0.4, 0.5) is 14.9 Å². The lowest BCUT2D eigenvalue weighted by Gasteiger charge is -2.13. The number of hydrogen-bond acceptors (Lipinski definition) is 4. The van der Waals surface area contributed by atoms with Crippen molar-refractivity contribution >= 4 is 29.6 Å². The van der Waals surface area contributed by atoms with Gasteiger partial charge in [0.25, 0.3) is 5.91 Å². The number of aromatic nitrogens is 1. The molecular weight excluding hydrogens is 415 g/mol. The van der Waals surface area contributed by atoms with Gasteiger partial charge < -0.3 is 19.9 Å². The van der Waals surface area contributed by atoms with Gasteiger partial charge in [-0.15, -0.1) is 0 Å². The Bertz CT molecular complexity index is 1230. The fourth-order valence-electron chi connectivity index (χ4n) is 3.32. The lowest BCUT2D eigenvalue weighted by atomic mass is 10.2. The van der Waals surface area contributed by atoms with Gasteiger partial charge in [0.1, 0.15) is 23.8 Å². The maximum atomic E-state index is 14.2. The summed E-state index contributed by atoms with van der Waals surface area (Å²) >= 11 is 0. The highest BCUT2D eigenvalue weighted by molar-refractivity contribution is 6.16. The molecule has 4 amide bonds. The summed E-state index contributed by atoms with van der Waals surface area (Å²) < 4.78 is 20.9. The number of amides is 4. The van der Waals surface area contributed by atoms with Gasteiger partial charge >= 0.3 is 6.03 Å². The monoisotopic (exact) mass is 434 g/mol. The number of rotatable bonds is 6. The fraction of sp³-hybridized carbons (Fsp3) is 0.0870. The minimum atomic E-state index is -0.722. The molecule has 3 aromatic rings. The molecule has 0 aliphatic carbocycles. The standard InChI is InChI=1S/C23H19FN4O4/c1-32-20-11-5-3-9-17(20)25-21(29)14-28-22(30)18(26-23(28)31)13-15-7-6-12-27(15)19-10-4-2-8-16(19)24/h2-13H,14H2,1H3,(H,25,29)(H,26,31)/b18-13+. The van der Waals surface area contributed by atoms with E-state index in [1.807, 2.05) is 0 Å². The predicted octanol–water partition coefficient (Wildman–Crippen LogP) is 3.16. The van der Waals surface area contributed by atoms with E-state index in [4.69, 9.17) is 4.74 Å². The summed E-state index contributed by atoms with van der Waals surface area (Å²) in [6.45, 7) is -0.478. The number of anilines is 1. The lowest BCUT2D eigenvalue weighted by Crippen LogP contribution is -2.38. The number of imide groups is 1. The van der Waals surface area contributed by atoms with Gasteiger partial charge in [0.05, 0.1) is 18.5 Å². The van der Waals surface area contributed by atoms with Crippen LogP contribution in [0.15, 0.2) is 72.6 Å². The molecule has 0 radical (unpaired) electrons. The van der Waals surface area contributed by atoms with Crippen LogP contribution in [0, 0.1) is 5.82 Å². The number of halogens is 1. The first-order valence-electron chi connectivity index (χ1n) is 9.67. The van der Waals surface area contributed by atoms with Gasteiger partial charge in [0.15, 0.2) is 0 Å². The Morgan fingerprint density at radius 2 is 1.84 bits per heavy atom. The minimum Gasteiger partial charge on any atom is -0.495 e. The molecule has 2 N–H and O–H groups in total. The molecule has 0 atom stereocenters. The Morgan fingerprint density at radius 3 is 2.62 bits per heavy atom. The quantitative estimate of drug-likeness (QED) is 0.461. The molecular formula is C23H19FN4O4. The van der Waals surface area contributed by atoms with Crippen molar-refractivity contribution < 1.29 is 23.5 Å². The average Bonchev–Trinajstić information content (AvgIpc) is 3.34. The van der Waals surface area contributed by atoms with Crippen LogP contribution in [0.2, 0.25) is 0 Å². The lowest BCUT2D eigenvalue weighted by molar-refractivity contribution is -0.127. The highest BCUT2D eigenvalue weighted by Gasteiger charge is 2.35. The Labute approximate surface area is 182 Å². The number of para-hydroxylation sites is 3. The van der Waals surface area contributed by atoms with Crippen molar-refractivity contribution in [1.29, 1.82) is 0 Å². The summed E-state index contributed by atoms with van der Waals surface area (Å²) in [4.78, 5) is 38.3. The van der Waals surface area contributed by atoms with Crippen LogP contribution in [0.3, 0.4) is 0 Å². The summed E-state index contributed by atoms with van der Waals surface area (Å²) in [6, 6.07) is 15.6. The first-order valence-corrected chi connectivity index (χ1v) is 9.67. The van der Waals surface area contributed by atoms with Crippen molar-refractivity contribution in [3.63, 3.8) is 0 Å². The topological polar surface area (TPSA) is 92.7 Å². The van der Waals surface area contributed by atoms with E-state index in [-0.39, 0.29) is 5.70 Å². The molecule has 1 aliphatic heterocycles. The summed E-state index contributed by atoms with van der Waals surface area (Å²) in [5, 5.41) is 5.09. The Hall–Kier alpha value is -4.40. The number of nitrogens with one attached hydrogen (secondary N) is 2. The Kier molecular flexibility index (Phi) is 5.71. The van der Waals surface area contributed by atoms with Gasteiger partial charge in [-0.05, 0) is 42.5 Å². The summed E-state index contributed by atoms with van der Waals surface area (Å²) in [5.41, 5.74) is 1.19. The van der Waals surface area contributed by atoms with Crippen LogP contribution in [0.5, 0.6) is 5.75 Å². The van der Waals surface area contributed by atoms with E-state index in [9.17, 15) is 18.8 Å². The molecule has 32 heavy (non-hydrogen) atoms. The van der Waals surface area contributed by atoms with Gasteiger partial charge in [-0.1, -0.05) is 24.3 Å². The summed E-state index contributed by atoms with van der Waals surface area (Å²) in [7, 11) is 1.47. The highest BCUT2D eigenvalue weighted by atomic mass is 19.1. The van der Waals surface area contributed by atoms with E-state index >= 15 is 0 Å². The van der Waals surface area contributed by atoms with Gasteiger partial charge in [0.2, 0.25) is 5.91 Å². The van der Waals surface area contributed by atoms with Crippen LogP contribution in [0.25, 0.3) is 11.8 Å². The molecule has 1 aliphatic rings. The van der Waals surface area contributed by atoms with Crippen molar-refractivity contribution in [1.82, 2.24) is 14.8 Å². The third-order valence-corrected chi connectivity index (χ3v) is 4.83. The molecule has 1 fully saturated rings. The zero-order valence-electron chi connectivity index (χ0n) is 17.0. The molecule has 1 saturated heterocycles. The summed E-state index contributed by atoms with van der Waals surface area (Å²) in [6.07, 6.45) is 3.08. The molecule has 8 nitrogen and oxygen atoms in total. The largest absolute Gasteiger partial charge is 0.495 e. The predicted molar refractivity (Wildman–Crippen MR) is 116 cm³/mol. The number of carbonyl (C=O) groups excluding carboxylic acids is 3. The van der Waals surface area contributed by atoms with Crippen LogP contribution in [0.1, 0.15) is 5.69 Å². The smallest absolute Gasteiger partial charge is 0.329 e. The molecule has 4 rings (SSSR count). The van der Waals surface area contributed by atoms with Crippen LogP contribution in [-0.2, 0) is 9.59 Å². The zero-order valence-corrected chi connectivity index (χ0v) is 17.0. The SMILES string of the molecule is COc1ccccc1NC(=O)CN1C(=O)N/C(=C/c2cccn2-c2ccccc2F)C1=O. The van der Waals surface area contributed by atoms with Crippen molar-refractivity contribution in [2.75, 3.05) is 19.0 Å². The molecule has 0 saturated carbocycles. The average molecular weight is 434 g/mol. The molecule has 162 valence electrons. The molecule has 9 heteroatoms. The minimum absolute atomic E-state index is 0.0172. The number of nitrogens with zero attached hydrogens (tertiary/aromatic N) is 2. The maximum Gasteiger partial charge on any atom is 0.329 e. The normalized spacial score (nSPS) is 14.6. The molecule has 2 aromatic carbocycles. The van der Waals surface area contributed by atoms with Crippen LogP contribution < -0.4 is 15.4 Å². The number of hydrogen-bond donors (Lipinski definition) is 2. The van der Waals surface area contributed by atoms with E-state index < -0.39 is 30.2 Å². The van der Waals surface area contributed by atoms with E-state index in [0.717, 1.165) is 4.90 Å². The second-order valence-electron chi connectivity index (χ2n) is 6.88. The highest BCUT2D eigenvalue weighted by Crippen LogP contribution is 2.23. The Balaban J connectivity index is 1.52. The molecule has 0 spiro atoms. The molecule has 0 unspecified atom stereocenters. The van der Waals surface area contributed by atoms with Gasteiger partial charge in [-0.3, -0.25) is 9.59 Å². The molecule has 0 bridgehead atoms. The fourth-order valence-corrected chi connectivity index (χ4v) is 3.32. The van der Waals surface area contributed by atoms with E-state index in [2.05, 4.69) is 10.6 Å². The second kappa shape index (κ2) is 8.76. The maximum absolute atomic E-state index is 14.2. The third-order valence-electron chi connectivity index (χ3n) is 4.83. The van der Waals surface area contributed by atoms with E-state index in [1.165, 1.54) is 19.3 Å². The number of methoxy groups -OCH3 is 1. The first-order chi connectivity index (χ1) is 15.5. The summed E-state index contributed by atoms with van der Waals surface area (Å²) in [5.74, 6) is -1.20. The van der Waals surface area contributed by atoms with Crippen molar-refractivity contribution in [3.05, 3.63) is 84.1 Å². The first kappa shape index (κ1) is 20.9. The van der Waals surface area contributed by atoms with E-state index in [1.54, 1.807) is 65.4 Å². The third kappa shape index (κ3) is 4.08. The second-order valence-corrected chi connectivity index (χ2v) is 6.88. The van der Waals surface area contributed by atoms with E-state index in [0.29, 0.717) is 22.8 Å². The Morgan fingerprint density at radius 1 is 1.09 bits per heavy atom. The molecule has 2 heterocycles. The zero-order chi connectivity index (χ0) is 22.7. The molecule has 1 aromatic heterocycles. The van der Waals surface area contributed by atoms with Crippen molar-refractivity contribution in [2.45, 2.75) is 0 Å². The number of urea groups is 1. The van der Waals surface area contributed by atoms with Gasteiger partial charge in [-0.25, -0.2) is 14.1 Å². The number of ether oxygens (including phenoxy) is 1. The van der Waals surface area contributed by atoms with Crippen molar-refractivity contribution in [3.8, 4) is 11.4 Å². The van der Waals surface area contributed by atoms with Crippen LogP contribution in [-0.4, -0.2) is 41.0 Å². The van der Waals surface area contributed by atoms with Crippen LogP contribution >= 0.6 is 0 Å². The number of benzene rings is 2. The van der Waals surface area contributed by atoms with Crippen molar-refractivity contribution in [2.24, 2.45) is 0 Å². The van der Waals surface area contributed by atoms with Gasteiger partial charge in [-0.2, -0.15) is 0 Å².